The summed E-state index contributed by atoms with van der Waals surface area (Å²) in [5.41, 5.74) is 3.32. The van der Waals surface area contributed by atoms with Crippen LogP contribution in [0.3, 0.4) is 0 Å². The van der Waals surface area contributed by atoms with E-state index in [-0.39, 0.29) is 6.04 Å². The molecule has 0 saturated carbocycles. The topological polar surface area (TPSA) is 24.7 Å². The number of hydrogen-bond donors (Lipinski definition) is 0. The zero-order valence-corrected chi connectivity index (χ0v) is 10.0. The summed E-state index contributed by atoms with van der Waals surface area (Å²) in [7, 11) is 0. The van der Waals surface area contributed by atoms with Crippen LogP contribution in [0.1, 0.15) is 17.2 Å². The van der Waals surface area contributed by atoms with Gasteiger partial charge in [-0.05, 0) is 5.56 Å². The molecule has 0 fully saturated rings. The Hall–Kier alpha value is -2.22. The number of hydrogen-bond acceptors (Lipinski definition) is 2. The molecule has 3 rings (SSSR count). The molecule has 88 valence electrons. The molecule has 1 aliphatic rings. The lowest BCUT2D eigenvalue weighted by atomic mass is 10.0. The number of nitrogens with zero attached hydrogens (tertiary/aromatic N) is 2. The minimum atomic E-state index is 0.145. The highest BCUT2D eigenvalue weighted by molar-refractivity contribution is 6.38. The zero-order valence-electron chi connectivity index (χ0n) is 10.0. The molecule has 0 radical (unpaired) electrons. The van der Waals surface area contributed by atoms with E-state index in [0.717, 1.165) is 17.8 Å². The van der Waals surface area contributed by atoms with Crippen LogP contribution in [-0.2, 0) is 0 Å². The number of rotatable bonds is 2. The van der Waals surface area contributed by atoms with Crippen molar-refractivity contribution in [2.75, 3.05) is 6.54 Å². The summed E-state index contributed by atoms with van der Waals surface area (Å²) >= 11 is 0. The Morgan fingerprint density at radius 2 is 1.50 bits per heavy atom. The van der Waals surface area contributed by atoms with Gasteiger partial charge in [0.2, 0.25) is 0 Å². The molecule has 1 atom stereocenters. The molecule has 18 heavy (non-hydrogen) atoms. The van der Waals surface area contributed by atoms with Gasteiger partial charge in [-0.1, -0.05) is 60.7 Å². The van der Waals surface area contributed by atoms with Crippen LogP contribution in [0, 0.1) is 0 Å². The molecule has 1 unspecified atom stereocenters. The van der Waals surface area contributed by atoms with E-state index < -0.39 is 0 Å². The second-order valence-corrected chi connectivity index (χ2v) is 4.30. The van der Waals surface area contributed by atoms with Gasteiger partial charge in [-0.2, -0.15) is 0 Å². The van der Waals surface area contributed by atoms with Gasteiger partial charge in [-0.15, -0.1) is 0 Å². The van der Waals surface area contributed by atoms with Gasteiger partial charge >= 0.3 is 0 Å². The van der Waals surface area contributed by atoms with Crippen LogP contribution in [0.5, 0.6) is 0 Å². The second-order valence-electron chi connectivity index (χ2n) is 4.30. The lowest BCUT2D eigenvalue weighted by molar-refractivity contribution is 0.737. The Bertz CT molecular complexity index is 571. The maximum Gasteiger partial charge on any atom is 0.0952 e. The Labute approximate surface area is 107 Å². The fourth-order valence-corrected chi connectivity index (χ4v) is 2.09. The lowest BCUT2D eigenvalue weighted by Gasteiger charge is -2.16. The highest BCUT2D eigenvalue weighted by Gasteiger charge is 2.14. The van der Waals surface area contributed by atoms with Gasteiger partial charge in [0, 0.05) is 11.8 Å². The Morgan fingerprint density at radius 3 is 2.22 bits per heavy atom. The molecular weight excluding hydrogens is 220 g/mol. The van der Waals surface area contributed by atoms with E-state index in [9.17, 15) is 0 Å². The van der Waals surface area contributed by atoms with Gasteiger partial charge in [0.25, 0.3) is 0 Å². The standard InChI is InChI=1S/C16H14N2/c1-3-7-13(8-4-1)15-11-17-12-16(18-15)14-9-5-2-6-10-14/h1-11,16H,12H2. The van der Waals surface area contributed by atoms with Crippen molar-refractivity contribution in [1.29, 1.82) is 0 Å². The summed E-state index contributed by atoms with van der Waals surface area (Å²) in [5.74, 6) is 0. The predicted molar refractivity (Wildman–Crippen MR) is 75.5 cm³/mol. The van der Waals surface area contributed by atoms with Crippen molar-refractivity contribution in [2.45, 2.75) is 6.04 Å². The molecule has 2 aromatic carbocycles. The molecule has 0 spiro atoms. The van der Waals surface area contributed by atoms with Gasteiger partial charge in [0.05, 0.1) is 18.3 Å². The minimum Gasteiger partial charge on any atom is -0.288 e. The first-order valence-electron chi connectivity index (χ1n) is 6.11. The number of aliphatic imine (C=N–C) groups is 2. The summed E-state index contributed by atoms with van der Waals surface area (Å²) in [6, 6.07) is 20.7. The molecule has 2 heteroatoms. The van der Waals surface area contributed by atoms with Gasteiger partial charge in [0.15, 0.2) is 0 Å². The van der Waals surface area contributed by atoms with Crippen LogP contribution in [-0.4, -0.2) is 18.5 Å². The SMILES string of the molecule is C1=NCC(c2ccccc2)N=C1c1ccccc1. The third kappa shape index (κ3) is 2.23. The highest BCUT2D eigenvalue weighted by atomic mass is 14.9. The highest BCUT2D eigenvalue weighted by Crippen LogP contribution is 2.21. The first-order valence-corrected chi connectivity index (χ1v) is 6.11. The van der Waals surface area contributed by atoms with E-state index in [1.54, 1.807) is 0 Å². The fourth-order valence-electron chi connectivity index (χ4n) is 2.09. The van der Waals surface area contributed by atoms with Crippen molar-refractivity contribution < 1.29 is 0 Å². The second kappa shape index (κ2) is 4.96. The summed E-state index contributed by atoms with van der Waals surface area (Å²) < 4.78 is 0. The van der Waals surface area contributed by atoms with E-state index in [0.29, 0.717) is 0 Å². The zero-order chi connectivity index (χ0) is 12.2. The molecule has 2 aromatic rings. The van der Waals surface area contributed by atoms with Crippen molar-refractivity contribution in [3.63, 3.8) is 0 Å². The van der Waals surface area contributed by atoms with E-state index in [4.69, 9.17) is 4.99 Å². The first kappa shape index (κ1) is 10.9. The van der Waals surface area contributed by atoms with Crippen molar-refractivity contribution >= 4 is 11.9 Å². The quantitative estimate of drug-likeness (QED) is 0.761. The van der Waals surface area contributed by atoms with Gasteiger partial charge in [-0.25, -0.2) is 0 Å². The molecule has 0 amide bonds. The van der Waals surface area contributed by atoms with Gasteiger partial charge in [-0.3, -0.25) is 9.98 Å². The van der Waals surface area contributed by atoms with Gasteiger partial charge in [0.1, 0.15) is 0 Å². The monoisotopic (exact) mass is 234 g/mol. The largest absolute Gasteiger partial charge is 0.288 e. The molecule has 1 aliphatic heterocycles. The summed E-state index contributed by atoms with van der Waals surface area (Å²) in [5, 5.41) is 0. The number of benzene rings is 2. The van der Waals surface area contributed by atoms with Crippen LogP contribution < -0.4 is 0 Å². The van der Waals surface area contributed by atoms with E-state index in [1.165, 1.54) is 5.56 Å². The molecule has 1 heterocycles. The molecular formula is C16H14N2. The summed E-state index contributed by atoms with van der Waals surface area (Å²) in [4.78, 5) is 9.23. The summed E-state index contributed by atoms with van der Waals surface area (Å²) in [6.45, 7) is 0.736. The van der Waals surface area contributed by atoms with Crippen molar-refractivity contribution in [3.8, 4) is 0 Å². The average molecular weight is 234 g/mol. The fraction of sp³-hybridized carbons (Fsp3) is 0.125. The first-order chi connectivity index (χ1) is 8.93. The van der Waals surface area contributed by atoms with Crippen LogP contribution in [0.4, 0.5) is 0 Å². The van der Waals surface area contributed by atoms with Crippen LogP contribution in [0.25, 0.3) is 0 Å². The van der Waals surface area contributed by atoms with Gasteiger partial charge < -0.3 is 0 Å². The van der Waals surface area contributed by atoms with Crippen molar-refractivity contribution in [3.05, 3.63) is 71.8 Å². The maximum atomic E-state index is 4.79. The Balaban J connectivity index is 1.93. The van der Waals surface area contributed by atoms with Crippen molar-refractivity contribution in [2.24, 2.45) is 9.98 Å². The normalized spacial score (nSPS) is 18.4. The molecule has 0 saturated heterocycles. The lowest BCUT2D eigenvalue weighted by Crippen LogP contribution is -2.14. The van der Waals surface area contributed by atoms with E-state index in [1.807, 2.05) is 42.6 Å². The van der Waals surface area contributed by atoms with Crippen LogP contribution in [0.2, 0.25) is 0 Å². The Kier molecular flexibility index (Phi) is 3.01. The minimum absolute atomic E-state index is 0.145. The summed E-state index contributed by atoms with van der Waals surface area (Å²) in [6.07, 6.45) is 1.87. The van der Waals surface area contributed by atoms with Crippen molar-refractivity contribution in [1.82, 2.24) is 0 Å². The predicted octanol–water partition coefficient (Wildman–Crippen LogP) is 3.30. The van der Waals surface area contributed by atoms with E-state index in [2.05, 4.69) is 29.3 Å². The smallest absolute Gasteiger partial charge is 0.0952 e. The molecule has 0 bridgehead atoms. The van der Waals surface area contributed by atoms with Crippen LogP contribution >= 0.6 is 0 Å². The molecule has 2 nitrogen and oxygen atoms in total. The van der Waals surface area contributed by atoms with Crippen LogP contribution in [0.15, 0.2) is 70.6 Å². The maximum absolute atomic E-state index is 4.79. The molecule has 0 aliphatic carbocycles. The molecule has 0 N–H and O–H groups in total. The molecule has 0 aromatic heterocycles. The van der Waals surface area contributed by atoms with E-state index >= 15 is 0 Å². The average Bonchev–Trinajstić information content (AvgIpc) is 2.49. The third-order valence-corrected chi connectivity index (χ3v) is 3.04. The third-order valence-electron chi connectivity index (χ3n) is 3.04. The Morgan fingerprint density at radius 1 is 0.833 bits per heavy atom.